The van der Waals surface area contributed by atoms with Crippen molar-refractivity contribution in [2.75, 3.05) is 13.1 Å². The summed E-state index contributed by atoms with van der Waals surface area (Å²) in [6.07, 6.45) is -4.54. The van der Waals surface area contributed by atoms with Crippen LogP contribution < -0.4 is 5.63 Å². The zero-order chi connectivity index (χ0) is 26.3. The molecule has 1 fully saturated rings. The molecule has 36 heavy (non-hydrogen) atoms. The number of benzene rings is 2. The molecule has 1 aliphatic heterocycles. The van der Waals surface area contributed by atoms with Crippen LogP contribution in [-0.4, -0.2) is 31.8 Å². The molecule has 3 aromatic rings. The van der Waals surface area contributed by atoms with Crippen LogP contribution >= 0.6 is 11.6 Å². The molecule has 1 aliphatic rings. The first kappa shape index (κ1) is 26.2. The van der Waals surface area contributed by atoms with Crippen molar-refractivity contribution < 1.29 is 35.5 Å². The summed E-state index contributed by atoms with van der Waals surface area (Å²) >= 11 is 5.59. The first-order valence-electron chi connectivity index (χ1n) is 10.9. The summed E-state index contributed by atoms with van der Waals surface area (Å²) in [6, 6.07) is 8.99. The lowest BCUT2D eigenvalue weighted by molar-refractivity contribution is -0.151. The zero-order valence-electron chi connectivity index (χ0n) is 19.0. The van der Waals surface area contributed by atoms with E-state index >= 15 is 0 Å². The van der Waals surface area contributed by atoms with E-state index in [4.69, 9.17) is 20.8 Å². The van der Waals surface area contributed by atoms with Gasteiger partial charge in [-0.05, 0) is 49.6 Å². The number of rotatable bonds is 5. The third-order valence-corrected chi connectivity index (χ3v) is 8.25. The number of carbonyl (C=O) groups is 1. The Labute approximate surface area is 209 Å². The Balaban J connectivity index is 1.41. The molecule has 1 saturated heterocycles. The molecule has 2 aromatic carbocycles. The molecule has 1 aromatic heterocycles. The van der Waals surface area contributed by atoms with Crippen molar-refractivity contribution >= 4 is 38.6 Å². The highest BCUT2D eigenvalue weighted by Gasteiger charge is 2.37. The van der Waals surface area contributed by atoms with Gasteiger partial charge in [0.15, 0.2) is 0 Å². The highest BCUT2D eigenvalue weighted by molar-refractivity contribution is 7.89. The van der Waals surface area contributed by atoms with E-state index in [1.807, 2.05) is 13.0 Å². The van der Waals surface area contributed by atoms with Gasteiger partial charge < -0.3 is 9.15 Å². The Bertz CT molecular complexity index is 1480. The number of piperidine rings is 1. The largest absolute Gasteiger partial charge is 0.461 e. The number of esters is 1. The molecule has 0 amide bonds. The van der Waals surface area contributed by atoms with Crippen LogP contribution in [0.3, 0.4) is 0 Å². The molecule has 0 N–H and O–H groups in total. The van der Waals surface area contributed by atoms with Gasteiger partial charge >= 0.3 is 17.8 Å². The number of alkyl halides is 3. The van der Waals surface area contributed by atoms with Crippen LogP contribution in [0.25, 0.3) is 11.0 Å². The average molecular weight is 544 g/mol. The second-order valence-electron chi connectivity index (χ2n) is 8.52. The minimum Gasteiger partial charge on any atom is -0.461 e. The zero-order valence-corrected chi connectivity index (χ0v) is 20.5. The van der Waals surface area contributed by atoms with Gasteiger partial charge in [-0.2, -0.15) is 17.5 Å². The predicted octanol–water partition coefficient (Wildman–Crippen LogP) is 4.92. The van der Waals surface area contributed by atoms with Gasteiger partial charge in [-0.15, -0.1) is 0 Å². The predicted molar refractivity (Wildman–Crippen MR) is 125 cm³/mol. The van der Waals surface area contributed by atoms with Crippen molar-refractivity contribution in [2.45, 2.75) is 37.4 Å². The van der Waals surface area contributed by atoms with Gasteiger partial charge in [-0.25, -0.2) is 13.2 Å². The number of fused-ring (bicyclic) bond motifs is 1. The average Bonchev–Trinajstić information content (AvgIpc) is 2.81. The molecule has 0 saturated carbocycles. The summed E-state index contributed by atoms with van der Waals surface area (Å²) in [4.78, 5) is 24.0. The minimum absolute atomic E-state index is 0.0663. The molecule has 4 rings (SSSR count). The molecule has 0 aliphatic carbocycles. The molecule has 0 atom stereocenters. The highest BCUT2D eigenvalue weighted by atomic mass is 35.5. The van der Waals surface area contributed by atoms with Crippen LogP contribution in [0, 0.1) is 12.8 Å². The van der Waals surface area contributed by atoms with Gasteiger partial charge in [0.25, 0.3) is 0 Å². The number of ether oxygens (including phenoxy) is 1. The monoisotopic (exact) mass is 543 g/mol. The third-order valence-electron chi connectivity index (χ3n) is 6.02. The maximum absolute atomic E-state index is 13.2. The number of nitrogens with zero attached hydrogens (tertiary/aromatic N) is 1. The SMILES string of the molecule is Cc1ccc2c(COC(=O)C3CCN(S(=O)(=O)c4ccc(Cl)c(C(F)(F)F)c4)CC3)cc(=O)oc2c1. The number of hydrogen-bond acceptors (Lipinski definition) is 6. The van der Waals surface area contributed by atoms with Gasteiger partial charge in [0.1, 0.15) is 12.2 Å². The fourth-order valence-corrected chi connectivity index (χ4v) is 5.81. The summed E-state index contributed by atoms with van der Waals surface area (Å²) in [5.41, 5.74) is -0.0506. The second kappa shape index (κ2) is 9.87. The lowest BCUT2D eigenvalue weighted by Gasteiger charge is -2.30. The van der Waals surface area contributed by atoms with Gasteiger partial charge in [0.05, 0.1) is 21.4 Å². The van der Waals surface area contributed by atoms with E-state index in [0.717, 1.165) is 22.0 Å². The Morgan fingerprint density at radius 1 is 1.14 bits per heavy atom. The van der Waals surface area contributed by atoms with Crippen molar-refractivity contribution in [3.63, 3.8) is 0 Å². The Morgan fingerprint density at radius 2 is 1.83 bits per heavy atom. The van der Waals surface area contributed by atoms with Crippen molar-refractivity contribution in [1.82, 2.24) is 4.31 Å². The molecular formula is C24H21ClF3NO6S. The van der Waals surface area contributed by atoms with E-state index in [1.165, 1.54) is 6.07 Å². The number of aryl methyl sites for hydroxylation is 1. The van der Waals surface area contributed by atoms with E-state index in [1.54, 1.807) is 12.1 Å². The number of halogens is 4. The Hall–Kier alpha value is -2.89. The van der Waals surface area contributed by atoms with E-state index in [2.05, 4.69) is 0 Å². The third kappa shape index (κ3) is 5.42. The standard InChI is InChI=1S/C24H21ClF3NO6S/c1-14-2-4-18-16(11-22(30)35-21(18)10-14)13-34-23(31)15-6-8-29(9-7-15)36(32,33)17-3-5-20(25)19(12-17)24(26,27)28/h2-5,10-12,15H,6-9,13H2,1H3. The first-order chi connectivity index (χ1) is 16.9. The summed E-state index contributed by atoms with van der Waals surface area (Å²) < 4.78 is 76.9. The summed E-state index contributed by atoms with van der Waals surface area (Å²) in [7, 11) is -4.22. The lowest BCUT2D eigenvalue weighted by Crippen LogP contribution is -2.40. The van der Waals surface area contributed by atoms with Crippen LogP contribution in [0.2, 0.25) is 5.02 Å². The van der Waals surface area contributed by atoms with Gasteiger partial charge in [0.2, 0.25) is 10.0 Å². The van der Waals surface area contributed by atoms with E-state index in [-0.39, 0.29) is 32.5 Å². The normalized spacial score (nSPS) is 15.8. The fourth-order valence-electron chi connectivity index (χ4n) is 4.09. The quantitative estimate of drug-likeness (QED) is 0.335. The molecule has 192 valence electrons. The topological polar surface area (TPSA) is 93.9 Å². The smallest absolute Gasteiger partial charge is 0.417 e. The van der Waals surface area contributed by atoms with E-state index in [9.17, 15) is 31.2 Å². The van der Waals surface area contributed by atoms with Gasteiger partial charge in [-0.1, -0.05) is 23.7 Å². The number of hydrogen-bond donors (Lipinski definition) is 0. The van der Waals surface area contributed by atoms with Crippen molar-refractivity contribution in [2.24, 2.45) is 5.92 Å². The molecular weight excluding hydrogens is 523 g/mol. The molecule has 12 heteroatoms. The minimum atomic E-state index is -4.80. The van der Waals surface area contributed by atoms with Crippen molar-refractivity contribution in [3.8, 4) is 0 Å². The maximum Gasteiger partial charge on any atom is 0.417 e. The van der Waals surface area contributed by atoms with Gasteiger partial charge in [-0.3, -0.25) is 4.79 Å². The summed E-state index contributed by atoms with van der Waals surface area (Å²) in [6.45, 7) is 1.56. The van der Waals surface area contributed by atoms with Crippen LogP contribution in [0.5, 0.6) is 0 Å². The Kier molecular flexibility index (Phi) is 7.18. The first-order valence-corrected chi connectivity index (χ1v) is 12.7. The van der Waals surface area contributed by atoms with Crippen molar-refractivity contribution in [1.29, 1.82) is 0 Å². The van der Waals surface area contributed by atoms with Crippen LogP contribution in [-0.2, 0) is 32.3 Å². The maximum atomic E-state index is 13.2. The Morgan fingerprint density at radius 3 is 2.50 bits per heavy atom. The molecule has 7 nitrogen and oxygen atoms in total. The summed E-state index contributed by atoms with van der Waals surface area (Å²) in [5.74, 6) is -1.15. The molecule has 0 radical (unpaired) electrons. The second-order valence-corrected chi connectivity index (χ2v) is 10.9. The molecule has 0 spiro atoms. The lowest BCUT2D eigenvalue weighted by atomic mass is 9.98. The van der Waals surface area contributed by atoms with Crippen LogP contribution in [0.1, 0.15) is 29.5 Å². The number of sulfonamides is 1. The molecule has 2 heterocycles. The number of carbonyl (C=O) groups excluding carboxylic acids is 1. The van der Waals surface area contributed by atoms with Crippen molar-refractivity contribution in [3.05, 3.63) is 74.6 Å². The molecule has 0 unspecified atom stereocenters. The van der Waals surface area contributed by atoms with E-state index < -0.39 is 49.2 Å². The highest BCUT2D eigenvalue weighted by Crippen LogP contribution is 2.37. The van der Waals surface area contributed by atoms with Crippen LogP contribution in [0.4, 0.5) is 13.2 Å². The van der Waals surface area contributed by atoms with E-state index in [0.29, 0.717) is 22.6 Å². The van der Waals surface area contributed by atoms with Gasteiger partial charge in [0, 0.05) is 30.1 Å². The fraction of sp³-hybridized carbons (Fsp3) is 0.333. The summed E-state index contributed by atoms with van der Waals surface area (Å²) in [5, 5.41) is 0.0390. The van der Waals surface area contributed by atoms with Crippen LogP contribution in [0.15, 0.2) is 56.6 Å². The molecule has 0 bridgehead atoms.